The summed E-state index contributed by atoms with van der Waals surface area (Å²) in [6.07, 6.45) is -0.646. The molecule has 0 spiro atoms. The molecule has 184 valence electrons. The van der Waals surface area contributed by atoms with Crippen molar-refractivity contribution >= 4 is 27.8 Å². The van der Waals surface area contributed by atoms with Crippen molar-refractivity contribution in [1.29, 1.82) is 0 Å². The van der Waals surface area contributed by atoms with Crippen LogP contribution in [0.5, 0.6) is 5.75 Å². The summed E-state index contributed by atoms with van der Waals surface area (Å²) in [5.41, 5.74) is 2.99. The van der Waals surface area contributed by atoms with Gasteiger partial charge in [-0.25, -0.2) is 4.39 Å². The lowest BCUT2D eigenvalue weighted by atomic mass is 10.1. The highest BCUT2D eigenvalue weighted by molar-refractivity contribution is 5.94. The van der Waals surface area contributed by atoms with Gasteiger partial charge >= 0.3 is 5.97 Å². The number of benzene rings is 4. The third-order valence-corrected chi connectivity index (χ3v) is 6.45. The molecular weight excluding hydrogens is 473 g/mol. The van der Waals surface area contributed by atoms with Crippen LogP contribution in [-0.2, 0) is 34.0 Å². The van der Waals surface area contributed by atoms with Gasteiger partial charge in [0.15, 0.2) is 5.43 Å². The van der Waals surface area contributed by atoms with E-state index in [-0.39, 0.29) is 25.2 Å². The Labute approximate surface area is 211 Å². The highest BCUT2D eigenvalue weighted by Crippen LogP contribution is 2.37. The van der Waals surface area contributed by atoms with Crippen molar-refractivity contribution in [2.24, 2.45) is 0 Å². The number of halogens is 1. The first-order chi connectivity index (χ1) is 18.1. The van der Waals surface area contributed by atoms with Gasteiger partial charge in [-0.2, -0.15) is 0 Å². The van der Waals surface area contributed by atoms with E-state index in [1.807, 2.05) is 42.5 Å². The SMILES string of the molecule is O=C(Cn1c2ccccc2c(=O)c2ccccc21)OCc1cc(F)cc2c1O[C@H](c1ccccc1)OC2. The van der Waals surface area contributed by atoms with Crippen molar-refractivity contribution in [1.82, 2.24) is 4.57 Å². The maximum atomic E-state index is 14.3. The van der Waals surface area contributed by atoms with Gasteiger partial charge in [-0.05, 0) is 36.4 Å². The predicted molar refractivity (Wildman–Crippen MR) is 137 cm³/mol. The monoisotopic (exact) mass is 495 g/mol. The Hall–Kier alpha value is -4.49. The van der Waals surface area contributed by atoms with Crippen LogP contribution in [0.3, 0.4) is 0 Å². The summed E-state index contributed by atoms with van der Waals surface area (Å²) in [6.45, 7) is -0.116. The Kier molecular flexibility index (Phi) is 5.90. The van der Waals surface area contributed by atoms with E-state index in [9.17, 15) is 14.0 Å². The van der Waals surface area contributed by atoms with E-state index >= 15 is 0 Å². The first kappa shape index (κ1) is 22.9. The molecule has 0 saturated carbocycles. The molecule has 0 N–H and O–H groups in total. The molecule has 1 aliphatic heterocycles. The van der Waals surface area contributed by atoms with Crippen LogP contribution in [0.25, 0.3) is 21.8 Å². The first-order valence-electron chi connectivity index (χ1n) is 11.9. The molecule has 0 bridgehead atoms. The number of esters is 1. The van der Waals surface area contributed by atoms with E-state index in [4.69, 9.17) is 14.2 Å². The van der Waals surface area contributed by atoms with Crippen molar-refractivity contribution in [2.75, 3.05) is 0 Å². The third-order valence-electron chi connectivity index (χ3n) is 6.45. The number of nitrogens with zero attached hydrogens (tertiary/aromatic N) is 1. The maximum absolute atomic E-state index is 14.3. The van der Waals surface area contributed by atoms with Crippen LogP contribution < -0.4 is 10.2 Å². The lowest BCUT2D eigenvalue weighted by Crippen LogP contribution is -2.21. The predicted octanol–water partition coefficient (Wildman–Crippen LogP) is 5.65. The number of hydrogen-bond donors (Lipinski definition) is 0. The minimum atomic E-state index is -0.646. The molecule has 0 aliphatic carbocycles. The Balaban J connectivity index is 1.27. The molecule has 0 saturated heterocycles. The van der Waals surface area contributed by atoms with Crippen molar-refractivity contribution in [3.63, 3.8) is 0 Å². The smallest absolute Gasteiger partial charge is 0.326 e. The van der Waals surface area contributed by atoms with Crippen LogP contribution in [0.2, 0.25) is 0 Å². The van der Waals surface area contributed by atoms with Gasteiger partial charge in [-0.1, -0.05) is 54.6 Å². The van der Waals surface area contributed by atoms with Gasteiger partial charge in [0.05, 0.1) is 17.6 Å². The molecule has 1 aromatic heterocycles. The lowest BCUT2D eigenvalue weighted by molar-refractivity contribution is -0.145. The van der Waals surface area contributed by atoms with Gasteiger partial charge in [0.1, 0.15) is 24.7 Å². The molecule has 6 rings (SSSR count). The van der Waals surface area contributed by atoms with Gasteiger partial charge in [0.25, 0.3) is 0 Å². The Morgan fingerprint density at radius 1 is 0.919 bits per heavy atom. The van der Waals surface area contributed by atoms with Crippen LogP contribution in [0, 0.1) is 5.82 Å². The molecular formula is C30H22FNO5. The Morgan fingerprint density at radius 2 is 1.57 bits per heavy atom. The normalized spacial score (nSPS) is 14.8. The van der Waals surface area contributed by atoms with E-state index in [2.05, 4.69) is 0 Å². The topological polar surface area (TPSA) is 66.8 Å². The highest BCUT2D eigenvalue weighted by atomic mass is 19.1. The third kappa shape index (κ3) is 4.34. The van der Waals surface area contributed by atoms with Gasteiger partial charge < -0.3 is 18.8 Å². The zero-order valence-corrected chi connectivity index (χ0v) is 19.7. The van der Waals surface area contributed by atoms with Crippen molar-refractivity contribution in [3.05, 3.63) is 124 Å². The van der Waals surface area contributed by atoms with E-state index in [1.165, 1.54) is 12.1 Å². The van der Waals surface area contributed by atoms with Crippen LogP contribution in [0.15, 0.2) is 95.8 Å². The number of fused-ring (bicyclic) bond motifs is 3. The average Bonchev–Trinajstić information content (AvgIpc) is 2.94. The van der Waals surface area contributed by atoms with Crippen LogP contribution in [0.1, 0.15) is 23.0 Å². The zero-order chi connectivity index (χ0) is 25.4. The number of pyridine rings is 1. The summed E-state index contributed by atoms with van der Waals surface area (Å²) in [5, 5.41) is 1.04. The zero-order valence-electron chi connectivity index (χ0n) is 19.7. The minimum Gasteiger partial charge on any atom is -0.460 e. The summed E-state index contributed by atoms with van der Waals surface area (Å²) >= 11 is 0. The highest BCUT2D eigenvalue weighted by Gasteiger charge is 2.26. The van der Waals surface area contributed by atoms with Crippen LogP contribution in [0.4, 0.5) is 4.39 Å². The summed E-state index contributed by atoms with van der Waals surface area (Å²) in [4.78, 5) is 26.0. The average molecular weight is 496 g/mol. The summed E-state index contributed by atoms with van der Waals surface area (Å²) in [5.74, 6) is -0.537. The van der Waals surface area contributed by atoms with Crippen LogP contribution in [-0.4, -0.2) is 10.5 Å². The lowest BCUT2D eigenvalue weighted by Gasteiger charge is -2.28. The molecule has 0 amide bonds. The number of hydrogen-bond acceptors (Lipinski definition) is 5. The molecule has 5 aromatic rings. The molecule has 6 nitrogen and oxygen atoms in total. The number of aromatic nitrogens is 1. The quantitative estimate of drug-likeness (QED) is 0.233. The molecule has 0 unspecified atom stereocenters. The second kappa shape index (κ2) is 9.52. The minimum absolute atomic E-state index is 0.0884. The van der Waals surface area contributed by atoms with Crippen molar-refractivity contribution < 1.29 is 23.4 Å². The van der Waals surface area contributed by atoms with E-state index < -0.39 is 18.1 Å². The maximum Gasteiger partial charge on any atom is 0.326 e. The largest absolute Gasteiger partial charge is 0.460 e. The second-order valence-corrected chi connectivity index (χ2v) is 8.83. The number of para-hydroxylation sites is 2. The summed E-state index contributed by atoms with van der Waals surface area (Å²) < 4.78 is 33.5. The van der Waals surface area contributed by atoms with E-state index in [1.54, 1.807) is 41.0 Å². The number of rotatable bonds is 5. The Bertz CT molecular complexity index is 1640. The molecule has 1 atom stereocenters. The second-order valence-electron chi connectivity index (χ2n) is 8.83. The van der Waals surface area contributed by atoms with Crippen molar-refractivity contribution in [2.45, 2.75) is 26.0 Å². The fourth-order valence-electron chi connectivity index (χ4n) is 4.74. The number of carbonyl (C=O) groups is 1. The van der Waals surface area contributed by atoms with E-state index in [0.29, 0.717) is 38.7 Å². The molecule has 0 fully saturated rings. The van der Waals surface area contributed by atoms with Gasteiger partial charge in [0, 0.05) is 27.5 Å². The van der Waals surface area contributed by atoms with Crippen molar-refractivity contribution in [3.8, 4) is 5.75 Å². The standard InChI is InChI=1S/C30H22FNO5/c31-22-14-20(29-21(15-22)18-36-30(37-29)19-8-2-1-3-9-19)17-35-27(33)16-32-25-12-6-4-10-23(25)28(34)24-11-5-7-13-26(24)32/h1-15,30H,16-18H2/t30-/m1/s1. The molecule has 2 heterocycles. The first-order valence-corrected chi connectivity index (χ1v) is 11.9. The summed E-state index contributed by atoms with van der Waals surface area (Å²) in [7, 11) is 0. The fraction of sp³-hybridized carbons (Fsp3) is 0.133. The Morgan fingerprint density at radius 3 is 2.27 bits per heavy atom. The number of ether oxygens (including phenoxy) is 3. The fourth-order valence-corrected chi connectivity index (χ4v) is 4.74. The molecule has 4 aromatic carbocycles. The van der Waals surface area contributed by atoms with Crippen LogP contribution >= 0.6 is 0 Å². The number of carbonyl (C=O) groups excluding carboxylic acids is 1. The molecule has 7 heteroatoms. The molecule has 0 radical (unpaired) electrons. The van der Waals surface area contributed by atoms with Gasteiger partial charge in [0.2, 0.25) is 6.29 Å². The van der Waals surface area contributed by atoms with Gasteiger partial charge in [-0.15, -0.1) is 0 Å². The summed E-state index contributed by atoms with van der Waals surface area (Å²) in [6, 6.07) is 26.4. The molecule has 37 heavy (non-hydrogen) atoms. The van der Waals surface area contributed by atoms with Gasteiger partial charge in [-0.3, -0.25) is 9.59 Å². The molecule has 1 aliphatic rings. The van der Waals surface area contributed by atoms with E-state index in [0.717, 1.165) is 5.56 Å².